The second-order valence-electron chi connectivity index (χ2n) is 4.62. The first-order valence-corrected chi connectivity index (χ1v) is 6.77. The number of halogens is 2. The summed E-state index contributed by atoms with van der Waals surface area (Å²) in [5.41, 5.74) is 0.221. The van der Waals surface area contributed by atoms with E-state index < -0.39 is 0 Å². The van der Waals surface area contributed by atoms with Gasteiger partial charge in [0.2, 0.25) is 0 Å². The molecule has 1 aliphatic heterocycles. The molecule has 106 valence electrons. The molecule has 3 N–H and O–H groups in total. The fourth-order valence-corrected chi connectivity index (χ4v) is 2.38. The van der Waals surface area contributed by atoms with Crippen LogP contribution >= 0.6 is 28.3 Å². The molecule has 7 heteroatoms. The minimum Gasteiger partial charge on any atom is -0.348 e. The molecule has 0 aromatic carbocycles. The lowest BCUT2D eigenvalue weighted by atomic mass is 9.94. The summed E-state index contributed by atoms with van der Waals surface area (Å²) in [6, 6.07) is 1.67. The second kappa shape index (κ2) is 7.07. The van der Waals surface area contributed by atoms with Gasteiger partial charge in [0.25, 0.3) is 11.5 Å². The average Bonchev–Trinajstić information content (AvgIpc) is 2.35. The lowest BCUT2D eigenvalue weighted by Gasteiger charge is -2.30. The maximum absolute atomic E-state index is 12.0. The van der Waals surface area contributed by atoms with Crippen molar-refractivity contribution >= 4 is 34.2 Å². The number of amides is 1. The van der Waals surface area contributed by atoms with Gasteiger partial charge in [-0.1, -0.05) is 6.92 Å². The summed E-state index contributed by atoms with van der Waals surface area (Å²) in [7, 11) is 0. The number of hydrogen-bond acceptors (Lipinski definition) is 3. The molecule has 5 nitrogen and oxygen atoms in total. The van der Waals surface area contributed by atoms with Crippen molar-refractivity contribution in [1.29, 1.82) is 0 Å². The van der Waals surface area contributed by atoms with E-state index in [0.29, 0.717) is 16.0 Å². The number of nitrogens with one attached hydrogen (secondary N) is 3. The van der Waals surface area contributed by atoms with Crippen LogP contribution in [0.1, 0.15) is 23.7 Å². The number of carbonyl (C=O) groups is 1. The lowest BCUT2D eigenvalue weighted by Crippen LogP contribution is -2.50. The van der Waals surface area contributed by atoms with Gasteiger partial charge in [-0.3, -0.25) is 9.59 Å². The molecule has 0 aliphatic carbocycles. The molecule has 19 heavy (non-hydrogen) atoms. The van der Waals surface area contributed by atoms with Gasteiger partial charge < -0.3 is 15.6 Å². The third kappa shape index (κ3) is 4.06. The molecule has 2 heterocycles. The Bertz CT molecular complexity index is 506. The molecule has 0 radical (unpaired) electrons. The summed E-state index contributed by atoms with van der Waals surface area (Å²) >= 11 is 3.12. The van der Waals surface area contributed by atoms with E-state index in [0.717, 1.165) is 19.5 Å². The monoisotopic (exact) mass is 349 g/mol. The summed E-state index contributed by atoms with van der Waals surface area (Å²) in [6.07, 6.45) is 2.49. The highest BCUT2D eigenvalue weighted by Crippen LogP contribution is 2.12. The van der Waals surface area contributed by atoms with Crippen molar-refractivity contribution in [2.45, 2.75) is 19.4 Å². The fourth-order valence-electron chi connectivity index (χ4n) is 2.02. The minimum absolute atomic E-state index is 0. The normalized spacial score (nSPS) is 22.4. The Labute approximate surface area is 126 Å². The van der Waals surface area contributed by atoms with Crippen LogP contribution in [0.4, 0.5) is 0 Å². The van der Waals surface area contributed by atoms with Gasteiger partial charge in [0.1, 0.15) is 0 Å². The van der Waals surface area contributed by atoms with Crippen LogP contribution in [0.2, 0.25) is 0 Å². The maximum atomic E-state index is 12.0. The molecule has 2 atom stereocenters. The van der Waals surface area contributed by atoms with Crippen LogP contribution < -0.4 is 16.2 Å². The largest absolute Gasteiger partial charge is 0.348 e. The first-order valence-electron chi connectivity index (χ1n) is 5.97. The standard InChI is InChI=1S/C12H16BrN3O2.ClH/c1-7-2-3-14-6-10(7)16-11(17)8-4-9(13)12(18)15-5-8;/h4-5,7,10,14H,2-3,6H2,1H3,(H,15,18)(H,16,17);1H. The molecule has 2 unspecified atom stereocenters. The van der Waals surface area contributed by atoms with E-state index in [-0.39, 0.29) is 29.9 Å². The van der Waals surface area contributed by atoms with Gasteiger partial charge in [-0.25, -0.2) is 0 Å². The van der Waals surface area contributed by atoms with Crippen molar-refractivity contribution in [3.8, 4) is 0 Å². The van der Waals surface area contributed by atoms with Crippen LogP contribution in [0, 0.1) is 5.92 Å². The van der Waals surface area contributed by atoms with Crippen LogP contribution in [-0.2, 0) is 0 Å². The van der Waals surface area contributed by atoms with Gasteiger partial charge in [0.05, 0.1) is 10.0 Å². The molecule has 1 saturated heterocycles. The molecule has 1 amide bonds. The zero-order valence-electron chi connectivity index (χ0n) is 10.5. The molecule has 1 aromatic rings. The Morgan fingerprint density at radius 3 is 2.89 bits per heavy atom. The Kier molecular flexibility index (Phi) is 6.03. The topological polar surface area (TPSA) is 74.0 Å². The molecule has 0 saturated carbocycles. The van der Waals surface area contributed by atoms with Crippen LogP contribution in [0.3, 0.4) is 0 Å². The van der Waals surface area contributed by atoms with Gasteiger partial charge in [0, 0.05) is 18.8 Å². The van der Waals surface area contributed by atoms with Crippen LogP contribution in [0.25, 0.3) is 0 Å². The number of aromatic nitrogens is 1. The molecule has 0 spiro atoms. The number of aromatic amines is 1. The summed E-state index contributed by atoms with van der Waals surface area (Å²) in [5.74, 6) is 0.300. The number of rotatable bonds is 2. The van der Waals surface area contributed by atoms with E-state index in [4.69, 9.17) is 0 Å². The molecular formula is C12H17BrClN3O2. The number of hydrogen-bond donors (Lipinski definition) is 3. The molecule has 1 aliphatic rings. The summed E-state index contributed by atoms with van der Waals surface area (Å²) in [4.78, 5) is 25.8. The smallest absolute Gasteiger partial charge is 0.262 e. The number of piperidine rings is 1. The average molecular weight is 351 g/mol. The van der Waals surface area contributed by atoms with Crippen molar-refractivity contribution in [3.63, 3.8) is 0 Å². The number of H-pyrrole nitrogens is 1. The highest BCUT2D eigenvalue weighted by molar-refractivity contribution is 9.10. The summed E-state index contributed by atoms with van der Waals surface area (Å²) in [5, 5.41) is 6.25. The molecular weight excluding hydrogens is 334 g/mol. The van der Waals surface area contributed by atoms with Gasteiger partial charge in [-0.15, -0.1) is 12.4 Å². The zero-order chi connectivity index (χ0) is 13.1. The lowest BCUT2D eigenvalue weighted by molar-refractivity contribution is 0.0915. The van der Waals surface area contributed by atoms with Crippen LogP contribution in [-0.4, -0.2) is 30.0 Å². The van der Waals surface area contributed by atoms with E-state index in [1.165, 1.54) is 12.3 Å². The highest BCUT2D eigenvalue weighted by Gasteiger charge is 2.23. The fraction of sp³-hybridized carbons (Fsp3) is 0.500. The quantitative estimate of drug-likeness (QED) is 0.752. The maximum Gasteiger partial charge on any atom is 0.262 e. The molecule has 2 rings (SSSR count). The second-order valence-corrected chi connectivity index (χ2v) is 5.47. The minimum atomic E-state index is -0.237. The number of carbonyl (C=O) groups excluding carboxylic acids is 1. The number of pyridine rings is 1. The molecule has 0 bridgehead atoms. The predicted octanol–water partition coefficient (Wildman–Crippen LogP) is 1.29. The van der Waals surface area contributed by atoms with Crippen molar-refractivity contribution in [2.75, 3.05) is 13.1 Å². The van der Waals surface area contributed by atoms with E-state index in [9.17, 15) is 9.59 Å². The van der Waals surface area contributed by atoms with Gasteiger partial charge in [-0.2, -0.15) is 0 Å². The van der Waals surface area contributed by atoms with Gasteiger partial charge in [0.15, 0.2) is 0 Å². The predicted molar refractivity (Wildman–Crippen MR) is 79.9 cm³/mol. The van der Waals surface area contributed by atoms with Crippen molar-refractivity contribution in [3.05, 3.63) is 32.7 Å². The Hall–Kier alpha value is -0.850. The van der Waals surface area contributed by atoms with E-state index in [1.807, 2.05) is 0 Å². The Morgan fingerprint density at radius 2 is 2.26 bits per heavy atom. The third-order valence-corrected chi connectivity index (χ3v) is 3.85. The van der Waals surface area contributed by atoms with E-state index in [1.54, 1.807) is 0 Å². The van der Waals surface area contributed by atoms with Gasteiger partial charge in [-0.05, 0) is 40.9 Å². The van der Waals surface area contributed by atoms with Gasteiger partial charge >= 0.3 is 0 Å². The van der Waals surface area contributed by atoms with Crippen molar-refractivity contribution < 1.29 is 4.79 Å². The molecule has 1 fully saturated rings. The first kappa shape index (κ1) is 16.2. The van der Waals surface area contributed by atoms with E-state index in [2.05, 4.69) is 38.5 Å². The van der Waals surface area contributed by atoms with E-state index >= 15 is 0 Å². The SMILES string of the molecule is CC1CCNCC1NC(=O)c1c[nH]c(=O)c(Br)c1.Cl. The van der Waals surface area contributed by atoms with Crippen LogP contribution in [0.5, 0.6) is 0 Å². The van der Waals surface area contributed by atoms with Crippen LogP contribution in [0.15, 0.2) is 21.5 Å². The third-order valence-electron chi connectivity index (χ3n) is 3.26. The highest BCUT2D eigenvalue weighted by atomic mass is 79.9. The Morgan fingerprint density at radius 1 is 1.53 bits per heavy atom. The summed E-state index contributed by atoms with van der Waals surface area (Å²) in [6.45, 7) is 3.92. The molecule has 1 aromatic heterocycles. The first-order chi connectivity index (χ1) is 8.58. The zero-order valence-corrected chi connectivity index (χ0v) is 12.9. The Balaban J connectivity index is 0.00000180. The van der Waals surface area contributed by atoms with Crippen molar-refractivity contribution in [1.82, 2.24) is 15.6 Å². The summed E-state index contributed by atoms with van der Waals surface area (Å²) < 4.78 is 0.366. The van der Waals surface area contributed by atoms with Crippen molar-refractivity contribution in [2.24, 2.45) is 5.92 Å².